The lowest BCUT2D eigenvalue weighted by atomic mass is 10.1. The fourth-order valence-electron chi connectivity index (χ4n) is 4.47. The average molecular weight is 476 g/mol. The van der Waals surface area contributed by atoms with Crippen LogP contribution >= 0.6 is 11.6 Å². The zero-order valence-electron chi connectivity index (χ0n) is 18.4. The summed E-state index contributed by atoms with van der Waals surface area (Å²) in [7, 11) is -3.52. The van der Waals surface area contributed by atoms with Crippen LogP contribution in [0, 0.1) is 0 Å². The second-order valence-corrected chi connectivity index (χ2v) is 11.0. The van der Waals surface area contributed by atoms with Gasteiger partial charge in [-0.2, -0.15) is 4.31 Å². The molecule has 2 aliphatic rings. The van der Waals surface area contributed by atoms with Crippen molar-refractivity contribution in [1.29, 1.82) is 0 Å². The van der Waals surface area contributed by atoms with Gasteiger partial charge < -0.3 is 4.90 Å². The predicted octanol–water partition coefficient (Wildman–Crippen LogP) is 3.86. The zero-order chi connectivity index (χ0) is 22.7. The molecule has 8 heteroatoms. The summed E-state index contributed by atoms with van der Waals surface area (Å²) in [5, 5.41) is 0.730. The third-order valence-corrected chi connectivity index (χ3v) is 8.71. The minimum atomic E-state index is -3.52. The van der Waals surface area contributed by atoms with Crippen molar-refractivity contribution >= 4 is 27.5 Å². The molecule has 2 aliphatic heterocycles. The number of hydrogen-bond donors (Lipinski definition) is 0. The van der Waals surface area contributed by atoms with Crippen molar-refractivity contribution in [2.75, 3.05) is 32.7 Å². The van der Waals surface area contributed by atoms with E-state index in [1.54, 1.807) is 28.6 Å². The van der Waals surface area contributed by atoms with Crippen LogP contribution in [0.5, 0.6) is 0 Å². The van der Waals surface area contributed by atoms with Gasteiger partial charge in [0.15, 0.2) is 0 Å². The molecular formula is C24H30ClN3O3S. The predicted molar refractivity (Wildman–Crippen MR) is 126 cm³/mol. The number of carbonyl (C=O) groups excluding carboxylic acids is 1. The summed E-state index contributed by atoms with van der Waals surface area (Å²) in [5.41, 5.74) is 1.73. The molecule has 172 valence electrons. The molecule has 0 bridgehead atoms. The standard InChI is InChI=1S/C24H30ClN3O3S/c1-19-4-2-3-13-28(19)32(30,31)23-11-7-21(8-12-23)24(29)27-16-14-26(15-17-27)18-20-5-9-22(25)10-6-20/h5-12,19H,2-4,13-18H2,1H3. The number of hydrogen-bond acceptors (Lipinski definition) is 4. The van der Waals surface area contributed by atoms with Gasteiger partial charge in [-0.25, -0.2) is 8.42 Å². The average Bonchev–Trinajstić information content (AvgIpc) is 2.81. The Bertz CT molecular complexity index is 1030. The maximum absolute atomic E-state index is 13.0. The Morgan fingerprint density at radius 1 is 0.938 bits per heavy atom. The highest BCUT2D eigenvalue weighted by atomic mass is 35.5. The number of carbonyl (C=O) groups is 1. The molecule has 2 saturated heterocycles. The first kappa shape index (κ1) is 23.2. The van der Waals surface area contributed by atoms with E-state index in [0.717, 1.165) is 43.9 Å². The van der Waals surface area contributed by atoms with Crippen LogP contribution in [0.4, 0.5) is 0 Å². The number of amides is 1. The highest BCUT2D eigenvalue weighted by Gasteiger charge is 2.31. The Morgan fingerprint density at radius 3 is 2.22 bits per heavy atom. The van der Waals surface area contributed by atoms with Crippen molar-refractivity contribution < 1.29 is 13.2 Å². The molecule has 0 aliphatic carbocycles. The number of benzene rings is 2. The molecule has 0 spiro atoms. The van der Waals surface area contributed by atoms with Crippen LogP contribution in [0.25, 0.3) is 0 Å². The molecule has 0 aromatic heterocycles. The SMILES string of the molecule is CC1CCCCN1S(=O)(=O)c1ccc(C(=O)N2CCN(Cc3ccc(Cl)cc3)CC2)cc1. The number of halogens is 1. The van der Waals surface area contributed by atoms with Crippen LogP contribution in [-0.4, -0.2) is 67.2 Å². The van der Waals surface area contributed by atoms with Crippen LogP contribution in [-0.2, 0) is 16.6 Å². The third kappa shape index (κ3) is 5.17. The molecule has 6 nitrogen and oxygen atoms in total. The van der Waals surface area contributed by atoms with Crippen LogP contribution < -0.4 is 0 Å². The molecule has 32 heavy (non-hydrogen) atoms. The molecular weight excluding hydrogens is 446 g/mol. The highest BCUT2D eigenvalue weighted by Crippen LogP contribution is 2.25. The van der Waals surface area contributed by atoms with Gasteiger partial charge in [-0.1, -0.05) is 30.2 Å². The van der Waals surface area contributed by atoms with Crippen molar-refractivity contribution in [3.8, 4) is 0 Å². The van der Waals surface area contributed by atoms with Gasteiger partial charge in [0, 0.05) is 55.9 Å². The lowest BCUT2D eigenvalue weighted by Crippen LogP contribution is -2.48. The molecule has 0 N–H and O–H groups in total. The summed E-state index contributed by atoms with van der Waals surface area (Å²) in [6.07, 6.45) is 2.84. The first-order valence-electron chi connectivity index (χ1n) is 11.2. The Labute approximate surface area is 195 Å². The summed E-state index contributed by atoms with van der Waals surface area (Å²) in [4.78, 5) is 17.4. The Hall–Kier alpha value is -1.93. The van der Waals surface area contributed by atoms with Gasteiger partial charge in [0.2, 0.25) is 10.0 Å². The second kappa shape index (κ2) is 9.91. The minimum Gasteiger partial charge on any atom is -0.336 e. The fraction of sp³-hybridized carbons (Fsp3) is 0.458. The quantitative estimate of drug-likeness (QED) is 0.658. The van der Waals surface area contributed by atoms with E-state index in [4.69, 9.17) is 11.6 Å². The normalized spacial score (nSPS) is 20.9. The topological polar surface area (TPSA) is 60.9 Å². The molecule has 1 unspecified atom stereocenters. The summed E-state index contributed by atoms with van der Waals surface area (Å²) in [5.74, 6) is -0.0496. The maximum Gasteiger partial charge on any atom is 0.253 e. The van der Waals surface area contributed by atoms with E-state index in [-0.39, 0.29) is 16.8 Å². The summed E-state index contributed by atoms with van der Waals surface area (Å²) < 4.78 is 27.6. The van der Waals surface area contributed by atoms with Gasteiger partial charge >= 0.3 is 0 Å². The minimum absolute atomic E-state index is 0.0132. The smallest absolute Gasteiger partial charge is 0.253 e. The summed E-state index contributed by atoms with van der Waals surface area (Å²) in [6.45, 7) is 6.25. The van der Waals surface area contributed by atoms with Crippen molar-refractivity contribution in [2.24, 2.45) is 0 Å². The van der Waals surface area contributed by atoms with Gasteiger partial charge in [-0.15, -0.1) is 0 Å². The van der Waals surface area contributed by atoms with Crippen molar-refractivity contribution in [1.82, 2.24) is 14.1 Å². The summed E-state index contributed by atoms with van der Waals surface area (Å²) >= 11 is 5.95. The van der Waals surface area contributed by atoms with Gasteiger partial charge in [0.25, 0.3) is 5.91 Å². The van der Waals surface area contributed by atoms with Gasteiger partial charge in [0.05, 0.1) is 4.90 Å². The summed E-state index contributed by atoms with van der Waals surface area (Å²) in [6, 6.07) is 14.3. The zero-order valence-corrected chi connectivity index (χ0v) is 20.0. The lowest BCUT2D eigenvalue weighted by molar-refractivity contribution is 0.0628. The number of piperazine rings is 1. The van der Waals surface area contributed by atoms with Crippen molar-refractivity contribution in [3.63, 3.8) is 0 Å². The molecule has 2 heterocycles. The maximum atomic E-state index is 13.0. The highest BCUT2D eigenvalue weighted by molar-refractivity contribution is 7.89. The van der Waals surface area contributed by atoms with Crippen molar-refractivity contribution in [2.45, 2.75) is 43.7 Å². The monoisotopic (exact) mass is 475 g/mol. The van der Waals surface area contributed by atoms with E-state index < -0.39 is 10.0 Å². The molecule has 4 rings (SSSR count). The van der Waals surface area contributed by atoms with E-state index in [1.807, 2.05) is 36.1 Å². The largest absolute Gasteiger partial charge is 0.336 e. The van der Waals surface area contributed by atoms with Crippen LogP contribution in [0.2, 0.25) is 5.02 Å². The van der Waals surface area contributed by atoms with Crippen LogP contribution in [0.3, 0.4) is 0 Å². The molecule has 0 saturated carbocycles. The molecule has 0 radical (unpaired) electrons. The molecule has 1 amide bonds. The van der Waals surface area contributed by atoms with Gasteiger partial charge in [-0.3, -0.25) is 9.69 Å². The number of piperidine rings is 1. The first-order chi connectivity index (χ1) is 15.3. The molecule has 2 fully saturated rings. The third-order valence-electron chi connectivity index (χ3n) is 6.43. The van der Waals surface area contributed by atoms with E-state index in [0.29, 0.717) is 25.2 Å². The van der Waals surface area contributed by atoms with E-state index in [1.165, 1.54) is 5.56 Å². The van der Waals surface area contributed by atoms with Crippen molar-refractivity contribution in [3.05, 3.63) is 64.7 Å². The molecule has 1 atom stereocenters. The number of sulfonamides is 1. The Morgan fingerprint density at radius 2 is 1.59 bits per heavy atom. The van der Waals surface area contributed by atoms with Gasteiger partial charge in [0.1, 0.15) is 0 Å². The fourth-order valence-corrected chi connectivity index (χ4v) is 6.30. The van der Waals surface area contributed by atoms with Crippen LogP contribution in [0.15, 0.2) is 53.4 Å². The van der Waals surface area contributed by atoms with E-state index in [9.17, 15) is 13.2 Å². The van der Waals surface area contributed by atoms with Crippen LogP contribution in [0.1, 0.15) is 42.1 Å². The Kier molecular flexibility index (Phi) is 7.20. The Balaban J connectivity index is 1.35. The number of nitrogens with zero attached hydrogens (tertiary/aromatic N) is 3. The molecule has 2 aromatic rings. The second-order valence-electron chi connectivity index (χ2n) is 8.68. The molecule has 2 aromatic carbocycles. The van der Waals surface area contributed by atoms with Gasteiger partial charge in [-0.05, 0) is 61.7 Å². The van der Waals surface area contributed by atoms with E-state index >= 15 is 0 Å². The number of rotatable bonds is 5. The first-order valence-corrected chi connectivity index (χ1v) is 13.0. The lowest BCUT2D eigenvalue weighted by Gasteiger charge is -2.35. The van der Waals surface area contributed by atoms with E-state index in [2.05, 4.69) is 4.90 Å².